The first-order valence-electron chi connectivity index (χ1n) is 9.09. The molecule has 0 aromatic heterocycles. The lowest BCUT2D eigenvalue weighted by Crippen LogP contribution is -2.37. The summed E-state index contributed by atoms with van der Waals surface area (Å²) in [6.07, 6.45) is 4.93. The molecule has 4 nitrogen and oxygen atoms in total. The van der Waals surface area contributed by atoms with Crippen LogP contribution in [0.4, 0.5) is 5.69 Å². The Balaban J connectivity index is 1.76. The number of allylic oxidation sites excluding steroid dienone is 2. The highest BCUT2D eigenvalue weighted by atomic mass is 16.1. The van der Waals surface area contributed by atoms with Crippen LogP contribution in [0.2, 0.25) is 0 Å². The molecule has 3 aliphatic rings. The van der Waals surface area contributed by atoms with E-state index < -0.39 is 0 Å². The number of carbonyl (C=O) groups is 1. The lowest BCUT2D eigenvalue weighted by atomic mass is 9.59. The molecule has 0 aliphatic heterocycles. The molecule has 4 rings (SSSR count). The van der Waals surface area contributed by atoms with Gasteiger partial charge in [0.1, 0.15) is 17.7 Å². The minimum atomic E-state index is -0.000640. The summed E-state index contributed by atoms with van der Waals surface area (Å²) in [5, 5.41) is 18.6. The Kier molecular flexibility index (Phi) is 3.85. The number of anilines is 1. The minimum absolute atomic E-state index is 0.000640. The summed E-state index contributed by atoms with van der Waals surface area (Å²) in [6, 6.07) is 12.1. The standard InChI is InChI=1S/C21H21N3O/c22-10-13(11-23)19-17-6-2-5-16-15(12-3-1-4-14(24)9-12)7-8-18(20(16)17)21(19)25/h1,3-4,9,15-18,20H,2,5-8,24H2. The molecule has 5 atom stereocenters. The molecule has 5 unspecified atom stereocenters. The number of hydrogen-bond donors (Lipinski definition) is 1. The molecule has 0 bridgehead atoms. The van der Waals surface area contributed by atoms with Gasteiger partial charge in [0.25, 0.3) is 0 Å². The number of rotatable bonds is 1. The van der Waals surface area contributed by atoms with E-state index >= 15 is 0 Å². The fourth-order valence-electron chi connectivity index (χ4n) is 5.75. The smallest absolute Gasteiger partial charge is 0.164 e. The van der Waals surface area contributed by atoms with Gasteiger partial charge in [-0.15, -0.1) is 0 Å². The third-order valence-electron chi connectivity index (χ3n) is 6.59. The van der Waals surface area contributed by atoms with Crippen LogP contribution >= 0.6 is 0 Å². The monoisotopic (exact) mass is 331 g/mol. The first-order valence-corrected chi connectivity index (χ1v) is 9.09. The molecular formula is C21H21N3O. The molecule has 0 heterocycles. The SMILES string of the molecule is N#CC(C#N)=C1C(=O)C2CCC(c3cccc(N)c3)C3CCCC1C23. The predicted molar refractivity (Wildman–Crippen MR) is 93.9 cm³/mol. The second-order valence-electron chi connectivity index (χ2n) is 7.62. The molecule has 25 heavy (non-hydrogen) atoms. The van der Waals surface area contributed by atoms with Crippen molar-refractivity contribution in [3.63, 3.8) is 0 Å². The fraction of sp³-hybridized carbons (Fsp3) is 0.476. The predicted octanol–water partition coefficient (Wildman–Crippen LogP) is 3.72. The van der Waals surface area contributed by atoms with Gasteiger partial charge < -0.3 is 5.73 Å². The van der Waals surface area contributed by atoms with E-state index in [1.165, 1.54) is 5.56 Å². The third kappa shape index (κ3) is 2.36. The van der Waals surface area contributed by atoms with Crippen LogP contribution in [0, 0.1) is 46.3 Å². The number of Topliss-reactive ketones (excluding diaryl/α,β-unsaturated/α-hetero) is 1. The second-order valence-corrected chi connectivity index (χ2v) is 7.62. The van der Waals surface area contributed by atoms with Crippen molar-refractivity contribution in [1.29, 1.82) is 10.5 Å². The molecule has 3 fully saturated rings. The maximum atomic E-state index is 13.0. The van der Waals surface area contributed by atoms with Gasteiger partial charge in [0.2, 0.25) is 0 Å². The van der Waals surface area contributed by atoms with Gasteiger partial charge in [-0.3, -0.25) is 4.79 Å². The lowest BCUT2D eigenvalue weighted by Gasteiger charge is -2.45. The zero-order valence-corrected chi connectivity index (χ0v) is 14.1. The van der Waals surface area contributed by atoms with Gasteiger partial charge in [-0.25, -0.2) is 0 Å². The van der Waals surface area contributed by atoms with Crippen molar-refractivity contribution < 1.29 is 4.79 Å². The van der Waals surface area contributed by atoms with Crippen molar-refractivity contribution in [2.45, 2.75) is 38.0 Å². The summed E-state index contributed by atoms with van der Waals surface area (Å²) < 4.78 is 0. The van der Waals surface area contributed by atoms with Crippen LogP contribution in [0.1, 0.15) is 43.6 Å². The van der Waals surface area contributed by atoms with E-state index in [-0.39, 0.29) is 29.1 Å². The zero-order chi connectivity index (χ0) is 17.6. The molecule has 1 aromatic carbocycles. The summed E-state index contributed by atoms with van der Waals surface area (Å²) in [5.74, 6) is 1.32. The highest BCUT2D eigenvalue weighted by molar-refractivity contribution is 6.02. The number of ketones is 1. The van der Waals surface area contributed by atoms with E-state index in [1.54, 1.807) is 0 Å². The molecule has 2 N–H and O–H groups in total. The Labute approximate surface area is 147 Å². The van der Waals surface area contributed by atoms with Crippen molar-refractivity contribution in [3.05, 3.63) is 41.0 Å². The number of carbonyl (C=O) groups excluding carboxylic acids is 1. The first-order chi connectivity index (χ1) is 12.2. The summed E-state index contributed by atoms with van der Waals surface area (Å²) in [6.45, 7) is 0. The van der Waals surface area contributed by atoms with Crippen LogP contribution < -0.4 is 5.73 Å². The van der Waals surface area contributed by atoms with Gasteiger partial charge in [-0.1, -0.05) is 18.6 Å². The summed E-state index contributed by atoms with van der Waals surface area (Å²) in [5.41, 5.74) is 8.63. The number of nitrogen functional groups attached to an aromatic ring is 1. The summed E-state index contributed by atoms with van der Waals surface area (Å²) >= 11 is 0. The number of benzene rings is 1. The van der Waals surface area contributed by atoms with E-state index in [9.17, 15) is 15.3 Å². The second kappa shape index (κ2) is 6.05. The van der Waals surface area contributed by atoms with Gasteiger partial charge in [-0.05, 0) is 67.1 Å². The van der Waals surface area contributed by atoms with E-state index in [0.29, 0.717) is 17.4 Å². The fourth-order valence-corrected chi connectivity index (χ4v) is 5.75. The van der Waals surface area contributed by atoms with Crippen LogP contribution in [0.15, 0.2) is 35.4 Å². The van der Waals surface area contributed by atoms with Gasteiger partial charge in [0, 0.05) is 17.2 Å². The zero-order valence-electron chi connectivity index (χ0n) is 14.1. The van der Waals surface area contributed by atoms with E-state index in [4.69, 9.17) is 5.73 Å². The topological polar surface area (TPSA) is 90.7 Å². The summed E-state index contributed by atoms with van der Waals surface area (Å²) in [7, 11) is 0. The van der Waals surface area contributed by atoms with E-state index in [1.807, 2.05) is 24.3 Å². The highest BCUT2D eigenvalue weighted by Crippen LogP contribution is 2.59. The largest absolute Gasteiger partial charge is 0.399 e. The molecule has 0 amide bonds. The normalized spacial score (nSPS) is 33.3. The first kappa shape index (κ1) is 15.9. The Bertz CT molecular complexity index is 825. The van der Waals surface area contributed by atoms with Crippen molar-refractivity contribution in [2.75, 3.05) is 5.73 Å². The molecular weight excluding hydrogens is 310 g/mol. The molecule has 0 spiro atoms. The van der Waals surface area contributed by atoms with Gasteiger partial charge in [-0.2, -0.15) is 10.5 Å². The molecule has 3 aliphatic carbocycles. The van der Waals surface area contributed by atoms with Crippen molar-refractivity contribution in [2.24, 2.45) is 23.7 Å². The molecule has 3 saturated carbocycles. The third-order valence-corrected chi connectivity index (χ3v) is 6.59. The number of nitrogens with zero attached hydrogens (tertiary/aromatic N) is 2. The van der Waals surface area contributed by atoms with E-state index in [0.717, 1.165) is 37.8 Å². The number of nitrogens with two attached hydrogens (primary N) is 1. The maximum absolute atomic E-state index is 13.0. The minimum Gasteiger partial charge on any atom is -0.399 e. The van der Waals surface area contributed by atoms with Gasteiger partial charge >= 0.3 is 0 Å². The van der Waals surface area contributed by atoms with Gasteiger partial charge in [0.05, 0.1) is 0 Å². The number of hydrogen-bond acceptors (Lipinski definition) is 4. The van der Waals surface area contributed by atoms with Crippen LogP contribution in [-0.2, 0) is 4.79 Å². The Hall–Kier alpha value is -2.59. The van der Waals surface area contributed by atoms with Crippen molar-refractivity contribution in [1.82, 2.24) is 0 Å². The quantitative estimate of drug-likeness (QED) is 0.482. The molecule has 0 radical (unpaired) electrons. The van der Waals surface area contributed by atoms with Crippen LogP contribution in [0.3, 0.4) is 0 Å². The lowest BCUT2D eigenvalue weighted by molar-refractivity contribution is -0.120. The maximum Gasteiger partial charge on any atom is 0.164 e. The average molecular weight is 331 g/mol. The van der Waals surface area contributed by atoms with E-state index in [2.05, 4.69) is 12.1 Å². The highest BCUT2D eigenvalue weighted by Gasteiger charge is 2.55. The van der Waals surface area contributed by atoms with Crippen LogP contribution in [0.25, 0.3) is 0 Å². The van der Waals surface area contributed by atoms with Crippen LogP contribution in [0.5, 0.6) is 0 Å². The molecule has 1 aromatic rings. The molecule has 126 valence electrons. The van der Waals surface area contributed by atoms with Crippen molar-refractivity contribution >= 4 is 11.5 Å². The molecule has 4 heteroatoms. The summed E-state index contributed by atoms with van der Waals surface area (Å²) in [4.78, 5) is 13.0. The Morgan fingerprint density at radius 3 is 2.52 bits per heavy atom. The van der Waals surface area contributed by atoms with Crippen LogP contribution in [-0.4, -0.2) is 5.78 Å². The Morgan fingerprint density at radius 2 is 1.80 bits per heavy atom. The Morgan fingerprint density at radius 1 is 1.04 bits per heavy atom. The molecule has 0 saturated heterocycles. The number of nitriles is 2. The van der Waals surface area contributed by atoms with Crippen molar-refractivity contribution in [3.8, 4) is 12.1 Å². The van der Waals surface area contributed by atoms with Gasteiger partial charge in [0.15, 0.2) is 5.78 Å². The average Bonchev–Trinajstić information content (AvgIpc) is 2.91.